The molecule has 0 radical (unpaired) electrons. The summed E-state index contributed by atoms with van der Waals surface area (Å²) in [5, 5.41) is -3.85. The molecule has 0 nitrogen and oxygen atoms in total. The Morgan fingerprint density at radius 1 is 0.640 bits per heavy atom. The van der Waals surface area contributed by atoms with Gasteiger partial charge in [-0.1, -0.05) is 71.2 Å². The Morgan fingerprint density at radius 3 is 1.24 bits per heavy atom. The molecular weight excluding hydrogens is 408 g/mol. The fourth-order valence-electron chi connectivity index (χ4n) is 2.93. The summed E-state index contributed by atoms with van der Waals surface area (Å²) in [6.45, 7) is 7.39. The Balaban J connectivity index is 2.96. The average Bonchev–Trinajstić information content (AvgIpc) is 2.44. The second kappa shape index (κ2) is 6.88. The van der Waals surface area contributed by atoms with Crippen LogP contribution < -0.4 is 0 Å². The third kappa shape index (κ3) is 3.51. The molecule has 0 saturated heterocycles. The Morgan fingerprint density at radius 2 is 1.00 bits per heavy atom. The molecule has 0 atom stereocenters. The third-order valence-corrected chi connectivity index (χ3v) is 5.86. The van der Waals surface area contributed by atoms with E-state index in [1.165, 1.54) is 12.1 Å². The summed E-state index contributed by atoms with van der Waals surface area (Å²) < 4.78 is 27.4. The lowest BCUT2D eigenvalue weighted by atomic mass is 9.74. The van der Waals surface area contributed by atoms with Crippen LogP contribution in [0.25, 0.3) is 0 Å². The van der Waals surface area contributed by atoms with Crippen LogP contribution in [0, 0.1) is 27.7 Å². The molecule has 0 fully saturated rings. The van der Waals surface area contributed by atoms with Gasteiger partial charge < -0.3 is 0 Å². The van der Waals surface area contributed by atoms with Crippen molar-refractivity contribution in [3.05, 3.63) is 69.8 Å². The van der Waals surface area contributed by atoms with Crippen molar-refractivity contribution in [2.45, 2.75) is 42.3 Å². The van der Waals surface area contributed by atoms with E-state index in [0.717, 1.165) is 22.3 Å². The maximum Gasteiger partial charge on any atom is 0.339 e. The van der Waals surface area contributed by atoms with Crippen LogP contribution >= 0.6 is 46.4 Å². The molecule has 0 saturated carbocycles. The van der Waals surface area contributed by atoms with E-state index in [1.54, 1.807) is 24.3 Å². The molecule has 0 N–H and O–H groups in total. The van der Waals surface area contributed by atoms with Crippen molar-refractivity contribution in [2.24, 2.45) is 0 Å². The van der Waals surface area contributed by atoms with Gasteiger partial charge in [0.1, 0.15) is 5.41 Å². The summed E-state index contributed by atoms with van der Waals surface area (Å²) in [5.41, 5.74) is 1.46. The van der Waals surface area contributed by atoms with Crippen molar-refractivity contribution in [3.63, 3.8) is 0 Å². The molecule has 0 aliphatic carbocycles. The minimum atomic E-state index is -3.85. The first-order valence-electron chi connectivity index (χ1n) is 7.61. The zero-order valence-corrected chi connectivity index (χ0v) is 17.3. The van der Waals surface area contributed by atoms with Gasteiger partial charge in [0.25, 0.3) is 0 Å². The molecular formula is C19H18Cl4F2. The predicted octanol–water partition coefficient (Wildman–Crippen LogP) is 7.41. The summed E-state index contributed by atoms with van der Waals surface area (Å²) in [5.74, 6) is 0. The molecule has 0 spiro atoms. The van der Waals surface area contributed by atoms with E-state index in [4.69, 9.17) is 46.4 Å². The molecule has 0 aliphatic heterocycles. The van der Waals surface area contributed by atoms with Crippen molar-refractivity contribution < 1.29 is 8.78 Å². The lowest BCUT2D eigenvalue weighted by molar-refractivity contribution is 0.0244. The lowest BCUT2D eigenvalue weighted by Crippen LogP contribution is -2.52. The summed E-state index contributed by atoms with van der Waals surface area (Å²) in [6, 6.07) is 9.72. The van der Waals surface area contributed by atoms with Gasteiger partial charge in [0, 0.05) is 0 Å². The maximum absolute atomic E-state index is 14.9. The molecule has 25 heavy (non-hydrogen) atoms. The first kappa shape index (κ1) is 20.8. The fraction of sp³-hybridized carbons (Fsp3) is 0.368. The second-order valence-corrected chi connectivity index (χ2v) is 9.10. The third-order valence-electron chi connectivity index (χ3n) is 4.73. The number of benzene rings is 2. The van der Waals surface area contributed by atoms with Crippen molar-refractivity contribution >= 4 is 46.4 Å². The van der Waals surface area contributed by atoms with Gasteiger partial charge >= 0.3 is 5.38 Å². The van der Waals surface area contributed by atoms with Gasteiger partial charge in [0.2, 0.25) is 3.79 Å². The molecule has 0 heterocycles. The number of hydrogen-bond donors (Lipinski definition) is 0. The highest BCUT2D eigenvalue weighted by molar-refractivity contribution is 6.69. The van der Waals surface area contributed by atoms with Crippen LogP contribution in [0.15, 0.2) is 36.4 Å². The lowest BCUT2D eigenvalue weighted by Gasteiger charge is -2.43. The van der Waals surface area contributed by atoms with E-state index in [0.29, 0.717) is 0 Å². The van der Waals surface area contributed by atoms with Gasteiger partial charge in [-0.3, -0.25) is 0 Å². The molecule has 0 aliphatic rings. The van der Waals surface area contributed by atoms with Crippen molar-refractivity contribution in [2.75, 3.05) is 0 Å². The van der Waals surface area contributed by atoms with Crippen molar-refractivity contribution in [1.29, 1.82) is 0 Å². The normalized spacial score (nSPS) is 13.2. The van der Waals surface area contributed by atoms with Crippen LogP contribution in [0.2, 0.25) is 0 Å². The highest BCUT2D eigenvalue weighted by Crippen LogP contribution is 2.60. The zero-order valence-electron chi connectivity index (χ0n) is 14.2. The van der Waals surface area contributed by atoms with Gasteiger partial charge in [0.15, 0.2) is 0 Å². The summed E-state index contributed by atoms with van der Waals surface area (Å²) in [6.07, 6.45) is 0. The Bertz CT molecular complexity index is 721. The number of alkyl halides is 6. The summed E-state index contributed by atoms with van der Waals surface area (Å²) >= 11 is 24.1. The minimum Gasteiger partial charge on any atom is -0.187 e. The molecule has 0 amide bonds. The Kier molecular flexibility index (Phi) is 5.72. The Hall–Kier alpha value is -0.540. The number of rotatable bonds is 3. The van der Waals surface area contributed by atoms with Gasteiger partial charge in [-0.05, 0) is 72.7 Å². The van der Waals surface area contributed by atoms with E-state index in [2.05, 4.69) is 0 Å². The van der Waals surface area contributed by atoms with Crippen LogP contribution in [-0.4, -0.2) is 9.17 Å². The van der Waals surface area contributed by atoms with E-state index in [1.807, 2.05) is 27.7 Å². The topological polar surface area (TPSA) is 0 Å². The monoisotopic (exact) mass is 424 g/mol. The molecule has 2 aromatic rings. The van der Waals surface area contributed by atoms with E-state index < -0.39 is 14.6 Å². The van der Waals surface area contributed by atoms with Crippen molar-refractivity contribution in [3.8, 4) is 0 Å². The van der Waals surface area contributed by atoms with Crippen LogP contribution in [0.1, 0.15) is 33.4 Å². The average molecular weight is 426 g/mol. The van der Waals surface area contributed by atoms with Crippen LogP contribution in [-0.2, 0) is 5.41 Å². The number of aryl methyl sites for hydroxylation is 4. The molecule has 6 heteroatoms. The smallest absolute Gasteiger partial charge is 0.187 e. The van der Waals surface area contributed by atoms with Crippen LogP contribution in [0.3, 0.4) is 0 Å². The van der Waals surface area contributed by atoms with Gasteiger partial charge in [-0.15, -0.1) is 0 Å². The first-order valence-corrected chi connectivity index (χ1v) is 9.12. The van der Waals surface area contributed by atoms with E-state index in [9.17, 15) is 8.78 Å². The highest BCUT2D eigenvalue weighted by Gasteiger charge is 2.66. The summed E-state index contributed by atoms with van der Waals surface area (Å²) in [4.78, 5) is 0. The highest BCUT2D eigenvalue weighted by atomic mass is 35.6. The van der Waals surface area contributed by atoms with Gasteiger partial charge in [-0.25, -0.2) is 0 Å². The molecule has 2 aromatic carbocycles. The largest absolute Gasteiger partial charge is 0.339 e. The fourth-order valence-corrected chi connectivity index (χ4v) is 4.45. The van der Waals surface area contributed by atoms with E-state index in [-0.39, 0.29) is 11.1 Å². The van der Waals surface area contributed by atoms with Gasteiger partial charge in [0.05, 0.1) is 0 Å². The standard InChI is InChI=1S/C19H18Cl4F2/c1-11-5-7-15(9-13(11)3)17(18(20,21)22,19(23,24)25)16-8-6-12(2)14(4)10-16/h5-10H,1-4H3. The maximum atomic E-state index is 14.9. The SMILES string of the molecule is Cc1ccc(C(c2ccc(C)c(C)c2)(C(F)(F)Cl)C(Cl)(Cl)Cl)cc1C. The predicted molar refractivity (Wildman–Crippen MR) is 104 cm³/mol. The molecule has 2 rings (SSSR count). The van der Waals surface area contributed by atoms with Crippen LogP contribution in [0.5, 0.6) is 0 Å². The zero-order chi connectivity index (χ0) is 19.2. The Labute approximate surface area is 167 Å². The number of halogens is 6. The van der Waals surface area contributed by atoms with Crippen molar-refractivity contribution in [1.82, 2.24) is 0 Å². The molecule has 0 aromatic heterocycles. The van der Waals surface area contributed by atoms with E-state index >= 15 is 0 Å². The molecule has 136 valence electrons. The van der Waals surface area contributed by atoms with Gasteiger partial charge in [-0.2, -0.15) is 8.78 Å². The summed E-state index contributed by atoms with van der Waals surface area (Å²) in [7, 11) is 0. The minimum absolute atomic E-state index is 0.152. The molecule has 0 bridgehead atoms. The first-order chi connectivity index (χ1) is 11.3. The number of hydrogen-bond acceptors (Lipinski definition) is 0. The quantitative estimate of drug-likeness (QED) is 0.449. The molecule has 0 unspecified atom stereocenters. The second-order valence-electron chi connectivity index (χ2n) is 6.34. The van der Waals surface area contributed by atoms with Crippen LogP contribution in [0.4, 0.5) is 8.78 Å².